The van der Waals surface area contributed by atoms with Gasteiger partial charge in [-0.25, -0.2) is 27.6 Å². The van der Waals surface area contributed by atoms with Gasteiger partial charge in [0, 0.05) is 25.2 Å². The van der Waals surface area contributed by atoms with Crippen molar-refractivity contribution in [3.05, 3.63) is 47.5 Å². The SMILES string of the molecule is CC(C)(C)OC(=O)N1CCN(S(C)(=O)=O)C[C@H]1c1cc(C#N)cc(-c2ncc(F)cn2)c1. The van der Waals surface area contributed by atoms with E-state index in [9.17, 15) is 22.9 Å². The Balaban J connectivity index is 2.07. The van der Waals surface area contributed by atoms with E-state index in [4.69, 9.17) is 4.74 Å². The van der Waals surface area contributed by atoms with E-state index < -0.39 is 33.6 Å². The lowest BCUT2D eigenvalue weighted by molar-refractivity contribution is 0.00580. The van der Waals surface area contributed by atoms with E-state index in [-0.39, 0.29) is 31.0 Å². The molecule has 1 aromatic heterocycles. The molecule has 11 heteroatoms. The van der Waals surface area contributed by atoms with Crippen molar-refractivity contribution in [1.29, 1.82) is 5.26 Å². The fourth-order valence-electron chi connectivity index (χ4n) is 3.38. The molecule has 2 heterocycles. The molecule has 170 valence electrons. The van der Waals surface area contributed by atoms with Crippen LogP contribution in [-0.2, 0) is 14.8 Å². The van der Waals surface area contributed by atoms with Crippen LogP contribution >= 0.6 is 0 Å². The Hall–Kier alpha value is -3.10. The Kier molecular flexibility index (Phi) is 6.48. The van der Waals surface area contributed by atoms with Gasteiger partial charge in [-0.05, 0) is 44.5 Å². The quantitative estimate of drug-likeness (QED) is 0.690. The minimum Gasteiger partial charge on any atom is -0.444 e. The molecule has 32 heavy (non-hydrogen) atoms. The molecular weight excluding hydrogens is 437 g/mol. The van der Waals surface area contributed by atoms with Gasteiger partial charge in [0.1, 0.15) is 5.60 Å². The number of rotatable bonds is 3. The first-order valence-electron chi connectivity index (χ1n) is 9.85. The third kappa shape index (κ3) is 5.57. The number of amides is 1. The van der Waals surface area contributed by atoms with Crippen molar-refractivity contribution in [2.75, 3.05) is 25.9 Å². The molecule has 2 aromatic rings. The van der Waals surface area contributed by atoms with Gasteiger partial charge in [-0.15, -0.1) is 0 Å². The minimum absolute atomic E-state index is 0.00330. The van der Waals surface area contributed by atoms with Crippen LogP contribution < -0.4 is 0 Å². The minimum atomic E-state index is -3.51. The van der Waals surface area contributed by atoms with Crippen molar-refractivity contribution < 1.29 is 22.3 Å². The summed E-state index contributed by atoms with van der Waals surface area (Å²) in [5.41, 5.74) is 0.494. The maximum absolute atomic E-state index is 13.3. The van der Waals surface area contributed by atoms with Gasteiger partial charge in [-0.2, -0.15) is 9.57 Å². The van der Waals surface area contributed by atoms with Crippen molar-refractivity contribution in [3.8, 4) is 17.5 Å². The number of benzene rings is 1. The van der Waals surface area contributed by atoms with Crippen LogP contribution in [-0.4, -0.2) is 65.2 Å². The second-order valence-corrected chi connectivity index (χ2v) is 10.5. The first-order valence-corrected chi connectivity index (χ1v) is 11.7. The summed E-state index contributed by atoms with van der Waals surface area (Å²) in [6.45, 7) is 5.47. The van der Waals surface area contributed by atoms with E-state index in [1.165, 1.54) is 9.21 Å². The zero-order valence-corrected chi connectivity index (χ0v) is 19.1. The lowest BCUT2D eigenvalue weighted by Crippen LogP contribution is -2.53. The number of nitrogens with zero attached hydrogens (tertiary/aromatic N) is 5. The molecule has 0 aliphatic carbocycles. The van der Waals surface area contributed by atoms with Crippen molar-refractivity contribution in [2.45, 2.75) is 32.4 Å². The molecule has 9 nitrogen and oxygen atoms in total. The van der Waals surface area contributed by atoms with Crippen molar-refractivity contribution in [3.63, 3.8) is 0 Å². The van der Waals surface area contributed by atoms with Crippen molar-refractivity contribution >= 4 is 16.1 Å². The lowest BCUT2D eigenvalue weighted by atomic mass is 9.98. The van der Waals surface area contributed by atoms with Crippen LogP contribution in [0.3, 0.4) is 0 Å². The number of nitriles is 1. The number of carbonyl (C=O) groups is 1. The van der Waals surface area contributed by atoms with Crippen LogP contribution in [0, 0.1) is 17.1 Å². The maximum atomic E-state index is 13.3. The molecule has 0 unspecified atom stereocenters. The molecule has 1 saturated heterocycles. The third-order valence-corrected chi connectivity index (χ3v) is 6.06. The van der Waals surface area contributed by atoms with Crippen LogP contribution in [0.1, 0.15) is 37.9 Å². The molecule has 0 bridgehead atoms. The molecule has 3 rings (SSSR count). The molecule has 1 fully saturated rings. The van der Waals surface area contributed by atoms with Crippen LogP contribution in [0.15, 0.2) is 30.6 Å². The zero-order valence-electron chi connectivity index (χ0n) is 18.2. The molecule has 1 atom stereocenters. The van der Waals surface area contributed by atoms with Gasteiger partial charge in [-0.1, -0.05) is 0 Å². The second kappa shape index (κ2) is 8.80. The van der Waals surface area contributed by atoms with Gasteiger partial charge in [0.2, 0.25) is 10.0 Å². The van der Waals surface area contributed by atoms with E-state index in [1.54, 1.807) is 39.0 Å². The summed E-state index contributed by atoms with van der Waals surface area (Å²) >= 11 is 0. The molecule has 0 radical (unpaired) electrons. The predicted molar refractivity (Wildman–Crippen MR) is 114 cm³/mol. The van der Waals surface area contributed by atoms with Gasteiger partial charge >= 0.3 is 6.09 Å². The Morgan fingerprint density at radius 1 is 1.22 bits per heavy atom. The molecule has 0 spiro atoms. The molecule has 1 aliphatic rings. The Morgan fingerprint density at radius 3 is 2.44 bits per heavy atom. The summed E-state index contributed by atoms with van der Waals surface area (Å²) in [6, 6.07) is 6.15. The number of aromatic nitrogens is 2. The first-order chi connectivity index (χ1) is 14.9. The molecule has 1 aliphatic heterocycles. The number of piperazine rings is 1. The average molecular weight is 462 g/mol. The summed E-state index contributed by atoms with van der Waals surface area (Å²) in [5.74, 6) is -0.401. The number of ether oxygens (including phenoxy) is 1. The predicted octanol–water partition coefficient (Wildman–Crippen LogP) is 2.71. The standard InChI is InChI=1S/C21H24FN5O4S/c1-21(2,3)31-20(28)27-6-5-26(32(4,29)30)13-18(27)15-7-14(10-23)8-16(9-15)19-24-11-17(22)12-25-19/h7-9,11-12,18H,5-6,13H2,1-4H3/t18-/m0/s1. The monoisotopic (exact) mass is 461 g/mol. The van der Waals surface area contributed by atoms with E-state index in [0.717, 1.165) is 18.6 Å². The average Bonchev–Trinajstić information content (AvgIpc) is 2.71. The smallest absolute Gasteiger partial charge is 0.410 e. The summed E-state index contributed by atoms with van der Waals surface area (Å²) in [4.78, 5) is 22.3. The summed E-state index contributed by atoms with van der Waals surface area (Å²) < 4.78 is 44.4. The van der Waals surface area contributed by atoms with Crippen LogP contribution in [0.25, 0.3) is 11.4 Å². The topological polar surface area (TPSA) is 116 Å². The molecule has 0 N–H and O–H groups in total. The highest BCUT2D eigenvalue weighted by molar-refractivity contribution is 7.88. The highest BCUT2D eigenvalue weighted by Gasteiger charge is 2.37. The fourth-order valence-corrected chi connectivity index (χ4v) is 4.21. The summed E-state index contributed by atoms with van der Waals surface area (Å²) in [5, 5.41) is 9.52. The Bertz CT molecular complexity index is 1160. The molecule has 1 amide bonds. The number of carbonyl (C=O) groups excluding carboxylic acids is 1. The second-order valence-electron chi connectivity index (χ2n) is 8.49. The number of halogens is 1. The fraction of sp³-hybridized carbons (Fsp3) is 0.429. The van der Waals surface area contributed by atoms with Crippen LogP contribution in [0.2, 0.25) is 0 Å². The number of hydrogen-bond donors (Lipinski definition) is 0. The number of sulfonamides is 1. The van der Waals surface area contributed by atoms with E-state index in [1.807, 2.05) is 0 Å². The Morgan fingerprint density at radius 2 is 1.88 bits per heavy atom. The van der Waals surface area contributed by atoms with Gasteiger partial charge < -0.3 is 4.74 Å². The zero-order chi connectivity index (χ0) is 23.7. The normalized spacial score (nSPS) is 17.6. The Labute approximate surface area is 186 Å². The first kappa shape index (κ1) is 23.6. The highest BCUT2D eigenvalue weighted by atomic mass is 32.2. The van der Waals surface area contributed by atoms with Gasteiger partial charge in [-0.3, -0.25) is 4.90 Å². The van der Waals surface area contributed by atoms with Gasteiger partial charge in [0.25, 0.3) is 0 Å². The highest BCUT2D eigenvalue weighted by Crippen LogP contribution is 2.31. The van der Waals surface area contributed by atoms with Gasteiger partial charge in [0.05, 0.1) is 36.3 Å². The third-order valence-electron chi connectivity index (χ3n) is 4.79. The van der Waals surface area contributed by atoms with Gasteiger partial charge in [0.15, 0.2) is 11.6 Å². The van der Waals surface area contributed by atoms with Crippen molar-refractivity contribution in [2.24, 2.45) is 0 Å². The van der Waals surface area contributed by atoms with E-state index in [0.29, 0.717) is 11.1 Å². The molecular formula is C21H24FN5O4S. The maximum Gasteiger partial charge on any atom is 0.410 e. The molecule has 1 aromatic carbocycles. The lowest BCUT2D eigenvalue weighted by Gasteiger charge is -2.41. The largest absolute Gasteiger partial charge is 0.444 e. The number of hydrogen-bond acceptors (Lipinski definition) is 7. The summed E-state index contributed by atoms with van der Waals surface area (Å²) in [7, 11) is -3.51. The van der Waals surface area contributed by atoms with E-state index >= 15 is 0 Å². The molecule has 0 saturated carbocycles. The van der Waals surface area contributed by atoms with Crippen molar-refractivity contribution in [1.82, 2.24) is 19.2 Å². The van der Waals surface area contributed by atoms with Crippen LogP contribution in [0.5, 0.6) is 0 Å². The summed E-state index contributed by atoms with van der Waals surface area (Å²) in [6.07, 6.45) is 2.55. The van der Waals surface area contributed by atoms with Crippen LogP contribution in [0.4, 0.5) is 9.18 Å². The van der Waals surface area contributed by atoms with E-state index in [2.05, 4.69) is 16.0 Å².